The Morgan fingerprint density at radius 1 is 1.03 bits per heavy atom. The number of anilines is 1. The lowest BCUT2D eigenvalue weighted by atomic mass is 9.85. The molecule has 4 heterocycles. The summed E-state index contributed by atoms with van der Waals surface area (Å²) in [5, 5.41) is 7.52. The molecule has 1 amide bonds. The summed E-state index contributed by atoms with van der Waals surface area (Å²) in [6.07, 6.45) is -7.02. The van der Waals surface area contributed by atoms with Gasteiger partial charge in [0.25, 0.3) is 0 Å². The highest BCUT2D eigenvalue weighted by Crippen LogP contribution is 2.38. The first-order valence-corrected chi connectivity index (χ1v) is 11.8. The third kappa shape index (κ3) is 4.59. The minimum Gasteiger partial charge on any atom is -0.370 e. The normalized spacial score (nSPS) is 20.9. The number of carbonyl (C=O) groups excluding carboxylic acids is 1. The van der Waals surface area contributed by atoms with E-state index in [9.17, 15) is 31.1 Å². The summed E-state index contributed by atoms with van der Waals surface area (Å²) < 4.78 is 79.9. The van der Waals surface area contributed by atoms with Crippen molar-refractivity contribution in [3.05, 3.63) is 47.2 Å². The van der Waals surface area contributed by atoms with Crippen molar-refractivity contribution in [2.24, 2.45) is 11.8 Å². The number of halogens is 6. The number of hydrogen-bond donors (Lipinski definition) is 0. The van der Waals surface area contributed by atoms with Gasteiger partial charge in [0.1, 0.15) is 0 Å². The predicted molar refractivity (Wildman–Crippen MR) is 121 cm³/mol. The molecule has 0 aliphatic carbocycles. The highest BCUT2D eigenvalue weighted by Gasteiger charge is 2.41. The number of amides is 1. The molecular formula is C24H24F6N6O. The third-order valence-electron chi connectivity index (χ3n) is 7.21. The summed E-state index contributed by atoms with van der Waals surface area (Å²) in [5.41, 5.74) is 1.10. The van der Waals surface area contributed by atoms with Gasteiger partial charge >= 0.3 is 12.4 Å². The van der Waals surface area contributed by atoms with E-state index in [1.165, 1.54) is 11.0 Å². The molecule has 0 N–H and O–H groups in total. The largest absolute Gasteiger partial charge is 0.451 e. The minimum atomic E-state index is -4.61. The molecule has 0 spiro atoms. The second-order valence-corrected chi connectivity index (χ2v) is 9.69. The standard InChI is InChI=1S/C24H24F6N6O/c1-13-10-31-18-9-15(23(25,26)27)3-4-17(18)20(13)34-6-5-16(14(2)11-34)21(37)35-7-8-36-19(12-35)32-33-22(36)24(28,29)30/h3-4,9-10,14,16H,5-8,11-12H2,1-2H3/t14-,16+/m1/s1. The first-order valence-electron chi connectivity index (χ1n) is 11.8. The molecule has 1 aromatic carbocycles. The Labute approximate surface area is 208 Å². The van der Waals surface area contributed by atoms with E-state index in [1.807, 2.05) is 13.8 Å². The third-order valence-corrected chi connectivity index (χ3v) is 7.21. The Kier molecular flexibility index (Phi) is 6.06. The first kappa shape index (κ1) is 25.3. The van der Waals surface area contributed by atoms with Crippen LogP contribution in [0.15, 0.2) is 24.4 Å². The number of aromatic nitrogens is 4. The number of carbonyl (C=O) groups is 1. The second kappa shape index (κ2) is 8.88. The quantitative estimate of drug-likeness (QED) is 0.454. The molecule has 2 aromatic heterocycles. The Morgan fingerprint density at radius 3 is 2.46 bits per heavy atom. The van der Waals surface area contributed by atoms with Crippen molar-refractivity contribution in [3.63, 3.8) is 0 Å². The van der Waals surface area contributed by atoms with E-state index in [0.717, 1.165) is 28.0 Å². The Bertz CT molecular complexity index is 1350. The number of rotatable bonds is 2. The van der Waals surface area contributed by atoms with Crippen LogP contribution in [0, 0.1) is 18.8 Å². The summed E-state index contributed by atoms with van der Waals surface area (Å²) in [5.74, 6) is -1.52. The molecule has 2 atom stereocenters. The number of benzene rings is 1. The monoisotopic (exact) mass is 526 g/mol. The molecular weight excluding hydrogens is 502 g/mol. The number of aryl methyl sites for hydroxylation is 1. The molecule has 7 nitrogen and oxygen atoms in total. The predicted octanol–water partition coefficient (Wildman–Crippen LogP) is 4.68. The molecule has 0 saturated carbocycles. The van der Waals surface area contributed by atoms with Crippen molar-refractivity contribution >= 4 is 22.5 Å². The second-order valence-electron chi connectivity index (χ2n) is 9.69. The Morgan fingerprint density at radius 2 is 1.78 bits per heavy atom. The van der Waals surface area contributed by atoms with Crippen LogP contribution in [0.2, 0.25) is 0 Å². The van der Waals surface area contributed by atoms with Gasteiger partial charge in [-0.2, -0.15) is 26.3 Å². The molecule has 1 fully saturated rings. The van der Waals surface area contributed by atoms with Gasteiger partial charge in [0, 0.05) is 43.7 Å². The SMILES string of the molecule is Cc1cnc2cc(C(F)(F)F)ccc2c1N1CC[C@H](C(=O)N2CCn3c(nnc3C(F)(F)F)C2)[C@H](C)C1. The van der Waals surface area contributed by atoms with Crippen molar-refractivity contribution in [2.75, 3.05) is 24.5 Å². The van der Waals surface area contributed by atoms with Gasteiger partial charge < -0.3 is 14.4 Å². The molecule has 0 bridgehead atoms. The van der Waals surface area contributed by atoms with Crippen molar-refractivity contribution in [1.29, 1.82) is 0 Å². The van der Waals surface area contributed by atoms with Crippen LogP contribution in [0.1, 0.15) is 36.1 Å². The van der Waals surface area contributed by atoms with Crippen LogP contribution >= 0.6 is 0 Å². The van der Waals surface area contributed by atoms with Crippen LogP contribution in [0.3, 0.4) is 0 Å². The molecule has 2 aliphatic rings. The van der Waals surface area contributed by atoms with Crippen molar-refractivity contribution in [1.82, 2.24) is 24.6 Å². The number of fused-ring (bicyclic) bond motifs is 2. The summed E-state index contributed by atoms with van der Waals surface area (Å²) in [6.45, 7) is 4.85. The van der Waals surface area contributed by atoms with Crippen LogP contribution in [-0.4, -0.2) is 50.2 Å². The summed E-state index contributed by atoms with van der Waals surface area (Å²) >= 11 is 0. The fraction of sp³-hybridized carbons (Fsp3) is 0.500. The molecule has 0 radical (unpaired) electrons. The Balaban J connectivity index is 1.32. The highest BCUT2D eigenvalue weighted by atomic mass is 19.4. The lowest BCUT2D eigenvalue weighted by molar-refractivity contribution is -0.148. The molecule has 37 heavy (non-hydrogen) atoms. The van der Waals surface area contributed by atoms with E-state index in [-0.39, 0.29) is 48.7 Å². The lowest BCUT2D eigenvalue weighted by Gasteiger charge is -2.41. The topological polar surface area (TPSA) is 67.2 Å². The number of alkyl halides is 6. The minimum absolute atomic E-state index is 0.0295. The van der Waals surface area contributed by atoms with Gasteiger partial charge in [0.05, 0.1) is 23.3 Å². The zero-order valence-electron chi connectivity index (χ0n) is 20.1. The molecule has 0 unspecified atom stereocenters. The fourth-order valence-corrected chi connectivity index (χ4v) is 5.38. The summed E-state index contributed by atoms with van der Waals surface area (Å²) in [7, 11) is 0. The molecule has 13 heteroatoms. The van der Waals surface area contributed by atoms with E-state index < -0.39 is 23.7 Å². The Hall–Kier alpha value is -3.38. The van der Waals surface area contributed by atoms with Gasteiger partial charge in [-0.25, -0.2) is 0 Å². The summed E-state index contributed by atoms with van der Waals surface area (Å²) in [6, 6.07) is 3.53. The van der Waals surface area contributed by atoms with Crippen LogP contribution in [0.5, 0.6) is 0 Å². The van der Waals surface area contributed by atoms with Crippen LogP contribution in [-0.2, 0) is 30.2 Å². The number of hydrogen-bond acceptors (Lipinski definition) is 5. The van der Waals surface area contributed by atoms with Crippen LogP contribution in [0.4, 0.5) is 32.0 Å². The maximum Gasteiger partial charge on any atom is 0.451 e. The van der Waals surface area contributed by atoms with E-state index in [0.29, 0.717) is 24.9 Å². The van der Waals surface area contributed by atoms with E-state index in [1.54, 1.807) is 6.20 Å². The zero-order valence-corrected chi connectivity index (χ0v) is 20.1. The van der Waals surface area contributed by atoms with Gasteiger partial charge in [0.2, 0.25) is 11.7 Å². The fourth-order valence-electron chi connectivity index (χ4n) is 5.38. The summed E-state index contributed by atoms with van der Waals surface area (Å²) in [4.78, 5) is 21.1. The molecule has 3 aromatic rings. The van der Waals surface area contributed by atoms with E-state index >= 15 is 0 Å². The highest BCUT2D eigenvalue weighted by molar-refractivity contribution is 5.94. The van der Waals surface area contributed by atoms with Gasteiger partial charge in [-0.1, -0.05) is 13.0 Å². The van der Waals surface area contributed by atoms with Crippen molar-refractivity contribution in [3.8, 4) is 0 Å². The number of pyridine rings is 1. The molecule has 198 valence electrons. The smallest absolute Gasteiger partial charge is 0.370 e. The van der Waals surface area contributed by atoms with Gasteiger partial charge in [-0.05, 0) is 37.0 Å². The van der Waals surface area contributed by atoms with Crippen molar-refractivity contribution in [2.45, 2.75) is 45.7 Å². The van der Waals surface area contributed by atoms with Gasteiger partial charge in [0.15, 0.2) is 5.82 Å². The maximum atomic E-state index is 13.3. The number of nitrogens with zero attached hydrogens (tertiary/aromatic N) is 6. The molecule has 1 saturated heterocycles. The van der Waals surface area contributed by atoms with E-state index in [4.69, 9.17) is 0 Å². The van der Waals surface area contributed by atoms with Crippen LogP contribution < -0.4 is 4.90 Å². The van der Waals surface area contributed by atoms with Crippen molar-refractivity contribution < 1.29 is 31.1 Å². The first-order chi connectivity index (χ1) is 17.3. The zero-order chi connectivity index (χ0) is 26.7. The number of piperidine rings is 1. The maximum absolute atomic E-state index is 13.3. The van der Waals surface area contributed by atoms with Gasteiger partial charge in [-0.3, -0.25) is 9.78 Å². The lowest BCUT2D eigenvalue weighted by Crippen LogP contribution is -2.49. The average Bonchev–Trinajstić information content (AvgIpc) is 3.26. The molecule has 2 aliphatic heterocycles. The molecule has 5 rings (SSSR count). The van der Waals surface area contributed by atoms with Gasteiger partial charge in [-0.15, -0.1) is 10.2 Å². The van der Waals surface area contributed by atoms with E-state index in [2.05, 4.69) is 20.1 Å². The van der Waals surface area contributed by atoms with Crippen LogP contribution in [0.25, 0.3) is 10.9 Å². The average molecular weight is 526 g/mol.